The van der Waals surface area contributed by atoms with Crippen molar-refractivity contribution < 1.29 is 14.3 Å². The van der Waals surface area contributed by atoms with Crippen molar-refractivity contribution in [3.05, 3.63) is 59.7 Å². The first-order chi connectivity index (χ1) is 10.5. The molecule has 0 radical (unpaired) electrons. The summed E-state index contributed by atoms with van der Waals surface area (Å²) in [6.45, 7) is 5.16. The highest BCUT2D eigenvalue weighted by Gasteiger charge is 2.15. The molecule has 1 atom stereocenters. The zero-order valence-corrected chi connectivity index (χ0v) is 12.9. The number of hydrogen-bond acceptors (Lipinski definition) is 3. The number of amides is 1. The fraction of sp³-hybridized carbons (Fsp3) is 0.222. The average Bonchev–Trinajstić information content (AvgIpc) is 2.49. The number of ether oxygens (including phenoxy) is 1. The zero-order valence-electron chi connectivity index (χ0n) is 12.9. The Hall–Kier alpha value is -2.62. The van der Waals surface area contributed by atoms with Gasteiger partial charge in [0.25, 0.3) is 5.91 Å². The van der Waals surface area contributed by atoms with Gasteiger partial charge in [-0.3, -0.25) is 9.59 Å². The van der Waals surface area contributed by atoms with E-state index in [-0.39, 0.29) is 11.7 Å². The summed E-state index contributed by atoms with van der Waals surface area (Å²) in [6, 6.07) is 14.3. The molecule has 0 heterocycles. The van der Waals surface area contributed by atoms with Crippen molar-refractivity contribution in [2.75, 3.05) is 5.32 Å². The average molecular weight is 297 g/mol. The fourth-order valence-corrected chi connectivity index (χ4v) is 1.93. The Labute approximate surface area is 130 Å². The lowest BCUT2D eigenvalue weighted by atomic mass is 10.1. The van der Waals surface area contributed by atoms with Crippen LogP contribution in [-0.2, 0) is 4.79 Å². The van der Waals surface area contributed by atoms with E-state index >= 15 is 0 Å². The minimum atomic E-state index is -0.635. The molecule has 114 valence electrons. The first kappa shape index (κ1) is 15.8. The predicted molar refractivity (Wildman–Crippen MR) is 86.3 cm³/mol. The van der Waals surface area contributed by atoms with Crippen molar-refractivity contribution in [3.8, 4) is 5.75 Å². The van der Waals surface area contributed by atoms with E-state index in [1.807, 2.05) is 31.2 Å². The standard InChI is InChI=1S/C18H19NO3/c1-12-7-9-17(10-8-12)22-14(3)18(21)19-16-6-4-5-15(11-16)13(2)20/h4-11,14H,1-3H3,(H,19,21)/t14-/m0/s1. The van der Waals surface area contributed by atoms with Crippen LogP contribution < -0.4 is 10.1 Å². The molecule has 0 aliphatic rings. The van der Waals surface area contributed by atoms with E-state index in [9.17, 15) is 9.59 Å². The van der Waals surface area contributed by atoms with Gasteiger partial charge < -0.3 is 10.1 Å². The normalized spacial score (nSPS) is 11.6. The summed E-state index contributed by atoms with van der Waals surface area (Å²) >= 11 is 0. The Bertz CT molecular complexity index is 677. The van der Waals surface area contributed by atoms with Crippen molar-refractivity contribution in [1.82, 2.24) is 0 Å². The second-order valence-corrected chi connectivity index (χ2v) is 5.20. The lowest BCUT2D eigenvalue weighted by Crippen LogP contribution is -2.30. The maximum absolute atomic E-state index is 12.1. The van der Waals surface area contributed by atoms with Crippen LogP contribution in [0, 0.1) is 6.92 Å². The Balaban J connectivity index is 2.00. The summed E-state index contributed by atoms with van der Waals surface area (Å²) in [5.74, 6) is 0.340. The second kappa shape index (κ2) is 6.89. The van der Waals surface area contributed by atoms with Crippen molar-refractivity contribution in [2.24, 2.45) is 0 Å². The highest BCUT2D eigenvalue weighted by Crippen LogP contribution is 2.15. The number of carbonyl (C=O) groups is 2. The van der Waals surface area contributed by atoms with Gasteiger partial charge in [0, 0.05) is 11.3 Å². The SMILES string of the molecule is CC(=O)c1cccc(NC(=O)[C@H](C)Oc2ccc(C)cc2)c1. The Kier molecular flexibility index (Phi) is 4.94. The summed E-state index contributed by atoms with van der Waals surface area (Å²) in [5.41, 5.74) is 2.27. The fourth-order valence-electron chi connectivity index (χ4n) is 1.93. The maximum Gasteiger partial charge on any atom is 0.265 e. The molecule has 1 N–H and O–H groups in total. The molecule has 22 heavy (non-hydrogen) atoms. The Morgan fingerprint density at radius 1 is 1.09 bits per heavy atom. The minimum absolute atomic E-state index is 0.0416. The van der Waals surface area contributed by atoms with E-state index in [0.29, 0.717) is 17.0 Å². The monoisotopic (exact) mass is 297 g/mol. The molecule has 0 saturated carbocycles. The van der Waals surface area contributed by atoms with Crippen LogP contribution in [0.15, 0.2) is 48.5 Å². The first-order valence-corrected chi connectivity index (χ1v) is 7.11. The molecule has 0 aliphatic heterocycles. The van der Waals surface area contributed by atoms with Crippen molar-refractivity contribution >= 4 is 17.4 Å². The molecule has 0 aromatic heterocycles. The highest BCUT2D eigenvalue weighted by molar-refractivity contribution is 5.98. The van der Waals surface area contributed by atoms with Gasteiger partial charge in [0.05, 0.1) is 0 Å². The van der Waals surface area contributed by atoms with Gasteiger partial charge in [-0.05, 0) is 45.0 Å². The minimum Gasteiger partial charge on any atom is -0.481 e. The molecule has 0 spiro atoms. The van der Waals surface area contributed by atoms with Crippen LogP contribution in [0.4, 0.5) is 5.69 Å². The van der Waals surface area contributed by atoms with E-state index in [1.165, 1.54) is 6.92 Å². The topological polar surface area (TPSA) is 55.4 Å². The third-order valence-corrected chi connectivity index (χ3v) is 3.24. The molecule has 4 nitrogen and oxygen atoms in total. The van der Waals surface area contributed by atoms with E-state index < -0.39 is 6.10 Å². The third kappa shape index (κ3) is 4.19. The molecule has 0 aliphatic carbocycles. The molecule has 0 unspecified atom stereocenters. The number of carbonyl (C=O) groups excluding carboxylic acids is 2. The van der Waals surface area contributed by atoms with Crippen molar-refractivity contribution in [2.45, 2.75) is 26.9 Å². The van der Waals surface area contributed by atoms with Crippen LogP contribution in [0.2, 0.25) is 0 Å². The van der Waals surface area contributed by atoms with Crippen LogP contribution >= 0.6 is 0 Å². The van der Waals surface area contributed by atoms with Crippen LogP contribution in [0.3, 0.4) is 0 Å². The van der Waals surface area contributed by atoms with Gasteiger partial charge in [-0.25, -0.2) is 0 Å². The van der Waals surface area contributed by atoms with Crippen LogP contribution in [0.5, 0.6) is 5.75 Å². The predicted octanol–water partition coefficient (Wildman–Crippen LogP) is 3.60. The van der Waals surface area contributed by atoms with Crippen LogP contribution in [0.25, 0.3) is 0 Å². The third-order valence-electron chi connectivity index (χ3n) is 3.24. The number of rotatable bonds is 5. The number of aryl methyl sites for hydroxylation is 1. The van der Waals surface area contributed by atoms with Crippen molar-refractivity contribution in [1.29, 1.82) is 0 Å². The number of Topliss-reactive ketones (excluding diaryl/α,β-unsaturated/α-hetero) is 1. The van der Waals surface area contributed by atoms with Gasteiger partial charge in [-0.2, -0.15) is 0 Å². The lowest BCUT2D eigenvalue weighted by Gasteiger charge is -2.15. The van der Waals surface area contributed by atoms with E-state index in [0.717, 1.165) is 5.56 Å². The van der Waals surface area contributed by atoms with E-state index in [2.05, 4.69) is 5.32 Å². The molecule has 4 heteroatoms. The Morgan fingerprint density at radius 3 is 2.41 bits per heavy atom. The summed E-state index contributed by atoms with van der Waals surface area (Å²) in [7, 11) is 0. The number of hydrogen-bond donors (Lipinski definition) is 1. The first-order valence-electron chi connectivity index (χ1n) is 7.11. The quantitative estimate of drug-likeness (QED) is 0.858. The lowest BCUT2D eigenvalue weighted by molar-refractivity contribution is -0.122. The zero-order chi connectivity index (χ0) is 16.1. The van der Waals surface area contributed by atoms with Gasteiger partial charge in [0.2, 0.25) is 0 Å². The maximum atomic E-state index is 12.1. The number of anilines is 1. The highest BCUT2D eigenvalue weighted by atomic mass is 16.5. The van der Waals surface area contributed by atoms with Crippen LogP contribution in [-0.4, -0.2) is 17.8 Å². The van der Waals surface area contributed by atoms with Gasteiger partial charge >= 0.3 is 0 Å². The van der Waals surface area contributed by atoms with Gasteiger partial charge in [-0.1, -0.05) is 29.8 Å². The Morgan fingerprint density at radius 2 is 1.77 bits per heavy atom. The molecule has 0 fully saturated rings. The summed E-state index contributed by atoms with van der Waals surface area (Å²) in [4.78, 5) is 23.5. The summed E-state index contributed by atoms with van der Waals surface area (Å²) in [6.07, 6.45) is -0.635. The number of nitrogens with one attached hydrogen (secondary N) is 1. The summed E-state index contributed by atoms with van der Waals surface area (Å²) in [5, 5.41) is 2.75. The van der Waals surface area contributed by atoms with Crippen molar-refractivity contribution in [3.63, 3.8) is 0 Å². The van der Waals surface area contributed by atoms with Gasteiger partial charge in [-0.15, -0.1) is 0 Å². The van der Waals surface area contributed by atoms with Gasteiger partial charge in [0.15, 0.2) is 11.9 Å². The molecule has 0 bridgehead atoms. The molecular formula is C18H19NO3. The molecule has 0 saturated heterocycles. The number of ketones is 1. The molecule has 2 aromatic rings. The smallest absolute Gasteiger partial charge is 0.265 e. The molecule has 2 rings (SSSR count). The largest absolute Gasteiger partial charge is 0.481 e. The molecule has 2 aromatic carbocycles. The molecular weight excluding hydrogens is 278 g/mol. The van der Waals surface area contributed by atoms with Crippen LogP contribution in [0.1, 0.15) is 29.8 Å². The van der Waals surface area contributed by atoms with E-state index in [4.69, 9.17) is 4.74 Å². The number of benzene rings is 2. The van der Waals surface area contributed by atoms with E-state index in [1.54, 1.807) is 31.2 Å². The van der Waals surface area contributed by atoms with Gasteiger partial charge in [0.1, 0.15) is 5.75 Å². The summed E-state index contributed by atoms with van der Waals surface area (Å²) < 4.78 is 5.60. The molecule has 1 amide bonds. The second-order valence-electron chi connectivity index (χ2n) is 5.20.